The van der Waals surface area contributed by atoms with Crippen LogP contribution in [0.3, 0.4) is 0 Å². The van der Waals surface area contributed by atoms with E-state index in [4.69, 9.17) is 9.47 Å². The zero-order chi connectivity index (χ0) is 47.4. The number of amides is 1. The van der Waals surface area contributed by atoms with E-state index in [-0.39, 0.29) is 13.3 Å². The van der Waals surface area contributed by atoms with Gasteiger partial charge in [-0.3, -0.25) is 29.7 Å². The molecule has 2 unspecified atom stereocenters. The summed E-state index contributed by atoms with van der Waals surface area (Å²) in [4.78, 5) is 37.2. The number of pyridine rings is 6. The van der Waals surface area contributed by atoms with Crippen molar-refractivity contribution in [2.24, 2.45) is 0 Å². The third-order valence-corrected chi connectivity index (χ3v) is 10.9. The van der Waals surface area contributed by atoms with E-state index in [0.29, 0.717) is 18.3 Å². The van der Waals surface area contributed by atoms with E-state index >= 15 is 0 Å². The number of nitrogens with one attached hydrogen (secondary N) is 1. The molecule has 0 radical (unpaired) electrons. The molecule has 0 aliphatic rings. The number of hydrogen-bond acceptors (Lipinski definition) is 9. The quantitative estimate of drug-likeness (QED) is 0.0620. The Morgan fingerprint density at radius 3 is 1.76 bits per heavy atom. The van der Waals surface area contributed by atoms with Crippen LogP contribution in [0.25, 0.3) is 22.8 Å². The molecule has 7 rings (SSSR count). The van der Waals surface area contributed by atoms with Crippen LogP contribution < -0.4 is 19.4 Å². The molecule has 7 heterocycles. The van der Waals surface area contributed by atoms with E-state index < -0.39 is 0 Å². The third-order valence-electron chi connectivity index (χ3n) is 10.9. The number of imidazole rings is 1. The van der Waals surface area contributed by atoms with Crippen LogP contribution >= 0.6 is 9.64 Å². The predicted molar refractivity (Wildman–Crippen MR) is 265 cm³/mol. The van der Waals surface area contributed by atoms with E-state index in [1.807, 2.05) is 71.9 Å². The number of nitrogens with zero attached hydrogens (tertiary/aromatic N) is 8. The second-order valence-electron chi connectivity index (χ2n) is 15.8. The molecule has 357 valence electrons. The van der Waals surface area contributed by atoms with Crippen molar-refractivity contribution in [2.75, 3.05) is 20.8 Å². The van der Waals surface area contributed by atoms with E-state index in [1.165, 1.54) is 39.9 Å². The van der Waals surface area contributed by atoms with Crippen molar-refractivity contribution in [2.45, 2.75) is 105 Å². The average Bonchev–Trinajstić information content (AvgIpc) is 3.90. The fourth-order valence-electron chi connectivity index (χ4n) is 7.15. The molecular formula is C53H68ClN9O3Os+. The van der Waals surface area contributed by atoms with Crippen molar-refractivity contribution in [3.05, 3.63) is 163 Å². The topological polar surface area (TPSA) is 134 Å². The number of methoxy groups -OCH3 is 2. The van der Waals surface area contributed by atoms with E-state index in [1.54, 1.807) is 51.3 Å². The molecule has 7 aromatic heterocycles. The number of hydrogen-bond donors (Lipinski definition) is 1. The van der Waals surface area contributed by atoms with Gasteiger partial charge in [0.2, 0.25) is 5.91 Å². The minimum absolute atomic E-state index is 0. The van der Waals surface area contributed by atoms with Crippen LogP contribution in [0.1, 0.15) is 100 Å². The Balaban J connectivity index is 0.000000297. The Morgan fingerprint density at radius 1 is 0.701 bits per heavy atom. The standard InChI is InChI=1S/C28H39N5O.C12H12N2O2.C12H12N2.CH4.ClH.Os/c1-3-25(27-9-14-29-15-10-27)22-24(2)26-11-19-32(20-12-26)17-6-4-5-8-28(34)31-13-7-18-33-21-16-30-23-33;1-15-9-3-5-13-11(7-9)12-8-10(16-2)4-6-14-12;1-9-3-5-13-11(7-9)12-8-10(2)4-6-14-12;;;/h9-12,14-16,19-21,23-25H,3-8,13,17-18,22H2,1-2H3;3-8H,1-2H3;3-8H,1-2H3;1H4;1H;/q;;;;;+1. The van der Waals surface area contributed by atoms with Crippen molar-refractivity contribution >= 4 is 15.5 Å². The van der Waals surface area contributed by atoms with Gasteiger partial charge in [-0.25, -0.2) is 9.55 Å². The Morgan fingerprint density at radius 2 is 1.25 bits per heavy atom. The van der Waals surface area contributed by atoms with Gasteiger partial charge in [0.1, 0.15) is 18.0 Å². The Hall–Kier alpha value is -5.89. The van der Waals surface area contributed by atoms with Crippen molar-refractivity contribution in [1.82, 2.24) is 39.8 Å². The van der Waals surface area contributed by atoms with Crippen molar-refractivity contribution in [3.8, 4) is 34.3 Å². The molecule has 7 aromatic rings. The number of carbonyl (C=O) groups excluding carboxylic acids is 1. The molecule has 12 nitrogen and oxygen atoms in total. The van der Waals surface area contributed by atoms with Crippen LogP contribution in [0.2, 0.25) is 0 Å². The number of ether oxygens (including phenoxy) is 2. The normalized spacial score (nSPS) is 11.1. The van der Waals surface area contributed by atoms with E-state index in [9.17, 15) is 4.79 Å². The van der Waals surface area contributed by atoms with Gasteiger partial charge in [0.25, 0.3) is 0 Å². The molecule has 0 spiro atoms. The summed E-state index contributed by atoms with van der Waals surface area (Å²) in [7, 11) is 7.91. The first-order chi connectivity index (χ1) is 32.2. The van der Waals surface area contributed by atoms with Gasteiger partial charge in [-0.05, 0) is 129 Å². The monoisotopic (exact) mass is 1110 g/mol. The molecule has 2 atom stereocenters. The number of carbonyl (C=O) groups is 1. The molecule has 0 aliphatic heterocycles. The van der Waals surface area contributed by atoms with Gasteiger partial charge in [-0.2, -0.15) is 0 Å². The fourth-order valence-corrected chi connectivity index (χ4v) is 7.15. The maximum absolute atomic E-state index is 12.0. The fraction of sp³-hybridized carbons (Fsp3) is 0.358. The number of aryl methyl sites for hydroxylation is 4. The molecule has 1 amide bonds. The summed E-state index contributed by atoms with van der Waals surface area (Å²) in [5, 5.41) is 3.02. The molecule has 14 heteroatoms. The van der Waals surface area contributed by atoms with Gasteiger partial charge >= 0.3 is 27.2 Å². The molecule has 67 heavy (non-hydrogen) atoms. The second-order valence-corrected chi connectivity index (χ2v) is 15.8. The molecule has 0 aliphatic carbocycles. The average molecular weight is 1100 g/mol. The van der Waals surface area contributed by atoms with Crippen molar-refractivity contribution in [3.63, 3.8) is 0 Å². The molecule has 1 N–H and O–H groups in total. The van der Waals surface area contributed by atoms with Crippen LogP contribution in [0.15, 0.2) is 141 Å². The number of halogens is 1. The molecule has 0 saturated carbocycles. The van der Waals surface area contributed by atoms with Crippen molar-refractivity contribution in [1.29, 1.82) is 0 Å². The Kier molecular flexibility index (Phi) is 26.4. The van der Waals surface area contributed by atoms with Gasteiger partial charge in [-0.1, -0.05) is 21.3 Å². The SMILES string of the molecule is C.CCC(CC(C)c1cc[n+](CCCCCC(=O)NCCCn2ccnc2)cc1)c1ccncc1.COc1ccnc(-c2cc(OC)ccn2)c1.Cc1ccnc(-c2cc(C)ccn2)c1.[Cl][Os]. The molecule has 0 bridgehead atoms. The number of rotatable bonds is 19. The summed E-state index contributed by atoms with van der Waals surface area (Å²) in [6.07, 6.45) is 27.7. The first-order valence-electron chi connectivity index (χ1n) is 22.4. The molecule has 0 aromatic carbocycles. The summed E-state index contributed by atoms with van der Waals surface area (Å²) < 4.78 is 14.6. The van der Waals surface area contributed by atoms with Crippen LogP contribution in [-0.2, 0) is 35.5 Å². The van der Waals surface area contributed by atoms with E-state index in [2.05, 4.69) is 114 Å². The Labute approximate surface area is 413 Å². The first-order valence-corrected chi connectivity index (χ1v) is 25.5. The van der Waals surface area contributed by atoms with Gasteiger partial charge in [0.05, 0.1) is 43.3 Å². The summed E-state index contributed by atoms with van der Waals surface area (Å²) >= 11 is 1.33. The van der Waals surface area contributed by atoms with Gasteiger partial charge in [0, 0.05) is 99.8 Å². The number of unbranched alkanes of at least 4 members (excludes halogenated alkanes) is 2. The zero-order valence-corrected chi connectivity index (χ0v) is 42.3. The Bertz CT molecular complexity index is 2320. The van der Waals surface area contributed by atoms with Gasteiger partial charge in [0.15, 0.2) is 12.4 Å². The summed E-state index contributed by atoms with van der Waals surface area (Å²) in [6, 6.07) is 24.1. The summed E-state index contributed by atoms with van der Waals surface area (Å²) in [6.45, 7) is 11.3. The van der Waals surface area contributed by atoms with E-state index in [0.717, 1.165) is 92.4 Å². The second kappa shape index (κ2) is 31.9. The maximum atomic E-state index is 12.0. The number of aromatic nitrogens is 8. The molecule has 0 saturated heterocycles. The van der Waals surface area contributed by atoms with Crippen molar-refractivity contribution < 1.29 is 36.4 Å². The minimum atomic E-state index is 0. The van der Waals surface area contributed by atoms with Gasteiger partial charge in [-0.15, -0.1) is 0 Å². The molecule has 0 fully saturated rings. The summed E-state index contributed by atoms with van der Waals surface area (Å²) in [5.74, 6) is 2.77. The molecular weight excluding hydrogens is 1040 g/mol. The van der Waals surface area contributed by atoms with Crippen LogP contribution in [0.4, 0.5) is 0 Å². The predicted octanol–water partition coefficient (Wildman–Crippen LogP) is 11.3. The first kappa shape index (κ1) is 55.4. The van der Waals surface area contributed by atoms with Crippen LogP contribution in [-0.4, -0.2) is 61.1 Å². The van der Waals surface area contributed by atoms with Crippen LogP contribution in [0, 0.1) is 13.8 Å². The van der Waals surface area contributed by atoms with Gasteiger partial charge < -0.3 is 19.4 Å². The third kappa shape index (κ3) is 20.3. The zero-order valence-electron chi connectivity index (χ0n) is 39.0. The van der Waals surface area contributed by atoms with Crippen LogP contribution in [0.5, 0.6) is 11.5 Å². The summed E-state index contributed by atoms with van der Waals surface area (Å²) in [5.41, 5.74) is 8.60.